The van der Waals surface area contributed by atoms with E-state index in [9.17, 15) is 19.2 Å². The summed E-state index contributed by atoms with van der Waals surface area (Å²) in [6.45, 7) is 16.3. The molecule has 0 saturated heterocycles. The summed E-state index contributed by atoms with van der Waals surface area (Å²) in [6, 6.07) is 26.8. The van der Waals surface area contributed by atoms with Gasteiger partial charge in [0.15, 0.2) is 11.6 Å². The van der Waals surface area contributed by atoms with E-state index in [0.29, 0.717) is 98.6 Å². The molecule has 0 aliphatic heterocycles. The highest BCUT2D eigenvalue weighted by Gasteiger charge is 2.40. The molecule has 15 heteroatoms. The van der Waals surface area contributed by atoms with Crippen LogP contribution in [0.25, 0.3) is 22.3 Å². The molecule has 3 N–H and O–H groups in total. The highest BCUT2D eigenvalue weighted by Crippen LogP contribution is 2.38. The van der Waals surface area contributed by atoms with Gasteiger partial charge in [-0.15, -0.1) is 0 Å². The van der Waals surface area contributed by atoms with Crippen LogP contribution in [0.1, 0.15) is 107 Å². The first kappa shape index (κ1) is 50.0. The third-order valence-corrected chi connectivity index (χ3v) is 16.3. The van der Waals surface area contributed by atoms with E-state index < -0.39 is 23.6 Å². The molecule has 0 bridgehead atoms. The number of fused-ring (bicyclic) bond motifs is 6. The molecule has 0 aromatic heterocycles. The predicted molar refractivity (Wildman–Crippen MR) is 243 cm³/mol. The summed E-state index contributed by atoms with van der Waals surface area (Å²) in [5, 5.41) is 2.93. The minimum atomic E-state index is -2.70. The fourth-order valence-corrected chi connectivity index (χ4v) is 12.6. The Kier molecular flexibility index (Phi) is 20.0. The van der Waals surface area contributed by atoms with Gasteiger partial charge in [-0.25, -0.2) is 4.79 Å². The lowest BCUT2D eigenvalue weighted by molar-refractivity contribution is 0.0599. The van der Waals surface area contributed by atoms with E-state index in [0.717, 1.165) is 34.7 Å². The molecule has 0 atom stereocenters. The van der Waals surface area contributed by atoms with Gasteiger partial charge in [0, 0.05) is 86.1 Å². The Balaban J connectivity index is 0.000000224. The van der Waals surface area contributed by atoms with Crippen molar-refractivity contribution in [3.8, 4) is 22.3 Å². The van der Waals surface area contributed by atoms with Gasteiger partial charge in [0.05, 0.1) is 12.7 Å². The largest absolute Gasteiger partial charge is 0.500 e. The molecule has 2 aliphatic carbocycles. The number of carbonyl (C=O) groups is 4. The van der Waals surface area contributed by atoms with Crippen molar-refractivity contribution in [2.24, 2.45) is 5.73 Å². The van der Waals surface area contributed by atoms with E-state index in [-0.39, 0.29) is 17.5 Å². The van der Waals surface area contributed by atoms with Crippen LogP contribution in [0.15, 0.2) is 84.9 Å². The minimum absolute atomic E-state index is 0.0313. The number of methoxy groups -OCH3 is 1. The van der Waals surface area contributed by atoms with Gasteiger partial charge in [0.25, 0.3) is 5.91 Å². The highest BCUT2D eigenvalue weighted by molar-refractivity contribution is 6.61. The van der Waals surface area contributed by atoms with Crippen LogP contribution in [0.3, 0.4) is 0 Å². The van der Waals surface area contributed by atoms with Gasteiger partial charge in [-0.3, -0.25) is 14.4 Å². The number of rotatable bonds is 21. The van der Waals surface area contributed by atoms with Crippen molar-refractivity contribution >= 4 is 41.1 Å². The predicted octanol–water partition coefficient (Wildman–Crippen LogP) is 8.13. The summed E-state index contributed by atoms with van der Waals surface area (Å²) in [4.78, 5) is 48.9. The van der Waals surface area contributed by atoms with E-state index >= 15 is 0 Å². The zero-order chi connectivity index (χ0) is 45.1. The van der Waals surface area contributed by atoms with Crippen LogP contribution in [0, 0.1) is 0 Å². The van der Waals surface area contributed by atoms with E-state index in [1.165, 1.54) is 7.11 Å². The monoisotopic (exact) mass is 886 g/mol. The quantitative estimate of drug-likeness (QED) is 0.0405. The van der Waals surface area contributed by atoms with Crippen molar-refractivity contribution in [3.63, 3.8) is 0 Å². The number of hydrogen-bond acceptors (Lipinski definition) is 12. The van der Waals surface area contributed by atoms with E-state index in [4.69, 9.17) is 32.3 Å². The number of nitrogens with two attached hydrogens (primary N) is 1. The fraction of sp³-hybridized carbons (Fsp3) is 0.404. The second-order valence-corrected chi connectivity index (χ2v) is 19.4. The lowest BCUT2D eigenvalue weighted by Crippen LogP contribution is -2.46. The zero-order valence-electron chi connectivity index (χ0n) is 37.1. The minimum Gasteiger partial charge on any atom is -0.465 e. The summed E-state index contributed by atoms with van der Waals surface area (Å²) in [6.07, 6.45) is 1.58. The van der Waals surface area contributed by atoms with Gasteiger partial charge in [0.2, 0.25) is 0 Å². The number of amides is 1. The molecule has 0 fully saturated rings. The molecule has 13 nitrogen and oxygen atoms in total. The van der Waals surface area contributed by atoms with Crippen molar-refractivity contribution in [2.45, 2.75) is 66.5 Å². The van der Waals surface area contributed by atoms with Gasteiger partial charge >= 0.3 is 23.6 Å². The van der Waals surface area contributed by atoms with Crippen molar-refractivity contribution < 1.29 is 50.5 Å². The first-order chi connectivity index (χ1) is 30.0. The third kappa shape index (κ3) is 12.5. The van der Waals surface area contributed by atoms with Crippen LogP contribution >= 0.6 is 0 Å². The Morgan fingerprint density at radius 2 is 0.887 bits per heavy atom. The standard InChI is InChI=1S/C23H29NO5Si.C15H10O3.C9H23NO3Si/c1-4-27-30(28-5-2,29-6-3)15-9-14-24-23(26)17-12-13-19-18-10-7-8-11-20(18)22(25)21(19)16-17;1-18-15(17)9-6-7-11-10-4-2-3-5-12(10)14(16)13(11)8-9;1-4-11-14(12-5-2,13-6-3)9-7-8-10/h7-8,10-13,16H,4-6,9,14-15H2,1-3H3,(H,24,26);2-8H,1H3;4-10H2,1-3H3. The lowest BCUT2D eigenvalue weighted by Gasteiger charge is -2.28. The Labute approximate surface area is 368 Å². The molecule has 334 valence electrons. The molecule has 4 aromatic carbocycles. The van der Waals surface area contributed by atoms with E-state index in [2.05, 4.69) is 10.1 Å². The summed E-state index contributed by atoms with van der Waals surface area (Å²) in [5.74, 6) is -0.692. The second-order valence-electron chi connectivity index (χ2n) is 14.0. The van der Waals surface area contributed by atoms with Crippen LogP contribution in [0.5, 0.6) is 0 Å². The van der Waals surface area contributed by atoms with Crippen molar-refractivity contribution in [1.82, 2.24) is 5.32 Å². The van der Waals surface area contributed by atoms with Crippen LogP contribution < -0.4 is 11.1 Å². The highest BCUT2D eigenvalue weighted by atomic mass is 28.4. The summed E-state index contributed by atoms with van der Waals surface area (Å²) >= 11 is 0. The maximum atomic E-state index is 12.6. The number of ketones is 2. The second kappa shape index (κ2) is 24.8. The fourth-order valence-electron chi connectivity index (χ4n) is 7.37. The molecular weight excluding hydrogens is 825 g/mol. The molecule has 2 aliphatic rings. The Morgan fingerprint density at radius 3 is 1.29 bits per heavy atom. The Hall–Kier alpha value is -4.69. The number of benzene rings is 4. The van der Waals surface area contributed by atoms with Crippen LogP contribution in [-0.4, -0.2) is 101 Å². The first-order valence-corrected chi connectivity index (χ1v) is 25.3. The maximum absolute atomic E-state index is 12.6. The number of carbonyl (C=O) groups excluding carboxylic acids is 4. The number of esters is 1. The summed E-state index contributed by atoms with van der Waals surface area (Å²) in [5.41, 5.74) is 12.5. The first-order valence-electron chi connectivity index (χ1n) is 21.5. The van der Waals surface area contributed by atoms with Gasteiger partial charge < -0.3 is 42.3 Å². The van der Waals surface area contributed by atoms with Gasteiger partial charge in [-0.05, 0) is 107 Å². The molecular formula is C47H62N2O11Si2. The van der Waals surface area contributed by atoms with Crippen molar-refractivity contribution in [1.29, 1.82) is 0 Å². The van der Waals surface area contributed by atoms with E-state index in [1.54, 1.807) is 36.4 Å². The van der Waals surface area contributed by atoms with Crippen LogP contribution in [0.2, 0.25) is 12.1 Å². The molecule has 0 spiro atoms. The molecule has 6 rings (SSSR count). The van der Waals surface area contributed by atoms with Crippen LogP contribution in [0.4, 0.5) is 0 Å². The lowest BCUT2D eigenvalue weighted by atomic mass is 10.0. The number of nitrogens with one attached hydrogen (secondary N) is 1. The molecule has 62 heavy (non-hydrogen) atoms. The van der Waals surface area contributed by atoms with Crippen LogP contribution in [-0.2, 0) is 31.3 Å². The van der Waals surface area contributed by atoms with Crippen molar-refractivity contribution in [2.75, 3.05) is 59.8 Å². The normalized spacial score (nSPS) is 12.3. The molecule has 0 unspecified atom stereocenters. The SMILES string of the molecule is CCO[Si](CCCN)(OCC)OCC.CCO[Si](CCCNC(=O)c1ccc2c(c1)C(=O)c1ccccc1-2)(OCC)OCC.COC(=O)c1ccc2c(c1)C(=O)c1ccccc1-2. The van der Waals surface area contributed by atoms with E-state index in [1.807, 2.05) is 90.1 Å². The van der Waals surface area contributed by atoms with Crippen molar-refractivity contribution in [3.05, 3.63) is 118 Å². The van der Waals surface area contributed by atoms with Gasteiger partial charge in [0.1, 0.15) is 0 Å². The van der Waals surface area contributed by atoms with Gasteiger partial charge in [-0.2, -0.15) is 0 Å². The molecule has 0 saturated carbocycles. The average molecular weight is 887 g/mol. The molecule has 0 heterocycles. The Bertz CT molecular complexity index is 2100. The smallest absolute Gasteiger partial charge is 0.465 e. The van der Waals surface area contributed by atoms with Gasteiger partial charge in [-0.1, -0.05) is 60.7 Å². The topological polar surface area (TPSA) is 171 Å². The number of ether oxygens (including phenoxy) is 1. The number of hydrogen-bond donors (Lipinski definition) is 2. The summed E-state index contributed by atoms with van der Waals surface area (Å²) in [7, 11) is -3.77. The Morgan fingerprint density at radius 1 is 0.516 bits per heavy atom. The zero-order valence-corrected chi connectivity index (χ0v) is 39.1. The maximum Gasteiger partial charge on any atom is 0.500 e. The molecule has 1 amide bonds. The molecule has 0 radical (unpaired) electrons. The summed E-state index contributed by atoms with van der Waals surface area (Å²) < 4.78 is 39.1. The molecule has 4 aromatic rings. The third-order valence-electron chi connectivity index (χ3n) is 9.95. The average Bonchev–Trinajstić information content (AvgIpc) is 3.74.